The average Bonchev–Trinajstić information content (AvgIpc) is 2.95. The van der Waals surface area contributed by atoms with Gasteiger partial charge in [0.25, 0.3) is 0 Å². The van der Waals surface area contributed by atoms with Gasteiger partial charge in [0.05, 0.1) is 15.1 Å². The first kappa shape index (κ1) is 28.3. The standard InChI is InChI=1S/C30H24Cl3NO5/c31-24-16-26(33)28(17-25(24)32)39-29(35)27(34-30(36)38-19-22-9-5-2-6-10-22)15-20-11-13-23(14-12-20)37-18-21-7-3-1-4-8-21/h1-14,16-17,27H,15,18-19H2,(H,34,36)/t27-/m0/s1. The van der Waals surface area contributed by atoms with Crippen molar-refractivity contribution in [3.05, 3.63) is 129 Å². The van der Waals surface area contributed by atoms with E-state index in [0.29, 0.717) is 12.4 Å². The Hall–Kier alpha value is -3.71. The predicted octanol–water partition coefficient (Wildman–Crippen LogP) is 7.67. The smallest absolute Gasteiger partial charge is 0.408 e. The fourth-order valence-corrected chi connectivity index (χ4v) is 4.14. The Labute approximate surface area is 241 Å². The lowest BCUT2D eigenvalue weighted by Gasteiger charge is -2.18. The van der Waals surface area contributed by atoms with Gasteiger partial charge < -0.3 is 19.5 Å². The highest BCUT2D eigenvalue weighted by Gasteiger charge is 2.25. The summed E-state index contributed by atoms with van der Waals surface area (Å²) in [5.41, 5.74) is 2.61. The first-order valence-electron chi connectivity index (χ1n) is 12.0. The fraction of sp³-hybridized carbons (Fsp3) is 0.133. The van der Waals surface area contributed by atoms with Crippen LogP contribution in [0, 0.1) is 0 Å². The molecule has 6 nitrogen and oxygen atoms in total. The molecule has 4 rings (SSSR count). The van der Waals surface area contributed by atoms with Crippen LogP contribution in [-0.4, -0.2) is 18.1 Å². The van der Waals surface area contributed by atoms with Gasteiger partial charge in [0.15, 0.2) is 5.75 Å². The number of halogens is 3. The van der Waals surface area contributed by atoms with Gasteiger partial charge in [-0.15, -0.1) is 0 Å². The molecule has 1 amide bonds. The molecule has 0 aromatic heterocycles. The van der Waals surface area contributed by atoms with Crippen molar-refractivity contribution in [3.8, 4) is 11.5 Å². The molecule has 200 valence electrons. The molecule has 0 radical (unpaired) electrons. The normalized spacial score (nSPS) is 11.4. The minimum atomic E-state index is -1.09. The number of carbonyl (C=O) groups is 2. The van der Waals surface area contributed by atoms with Crippen LogP contribution in [0.15, 0.2) is 97.1 Å². The van der Waals surface area contributed by atoms with E-state index in [2.05, 4.69) is 5.32 Å². The van der Waals surface area contributed by atoms with Gasteiger partial charge in [0, 0.05) is 12.5 Å². The lowest BCUT2D eigenvalue weighted by atomic mass is 10.1. The quantitative estimate of drug-likeness (QED) is 0.118. The third-order valence-corrected chi connectivity index (χ3v) is 6.60. The van der Waals surface area contributed by atoms with E-state index < -0.39 is 18.1 Å². The van der Waals surface area contributed by atoms with E-state index in [9.17, 15) is 9.59 Å². The van der Waals surface area contributed by atoms with Crippen LogP contribution in [0.2, 0.25) is 15.1 Å². The number of carbonyl (C=O) groups excluding carboxylic acids is 2. The maximum absolute atomic E-state index is 13.1. The van der Waals surface area contributed by atoms with E-state index >= 15 is 0 Å². The molecule has 0 aliphatic heterocycles. The van der Waals surface area contributed by atoms with E-state index in [-0.39, 0.29) is 33.8 Å². The first-order valence-corrected chi connectivity index (χ1v) is 13.1. The Balaban J connectivity index is 1.44. The van der Waals surface area contributed by atoms with Gasteiger partial charge in [-0.05, 0) is 34.9 Å². The minimum absolute atomic E-state index is 0.0187. The molecular weight excluding hydrogens is 561 g/mol. The van der Waals surface area contributed by atoms with Crippen molar-refractivity contribution < 1.29 is 23.8 Å². The van der Waals surface area contributed by atoms with Gasteiger partial charge in [-0.1, -0.05) is 108 Å². The Kier molecular flexibility index (Phi) is 10.1. The summed E-state index contributed by atoms with van der Waals surface area (Å²) in [5, 5.41) is 3.08. The lowest BCUT2D eigenvalue weighted by molar-refractivity contribution is -0.136. The molecular formula is C30H24Cl3NO5. The molecule has 1 atom stereocenters. The van der Waals surface area contributed by atoms with E-state index in [1.165, 1.54) is 12.1 Å². The van der Waals surface area contributed by atoms with Gasteiger partial charge >= 0.3 is 12.1 Å². The van der Waals surface area contributed by atoms with Crippen molar-refractivity contribution in [2.24, 2.45) is 0 Å². The van der Waals surface area contributed by atoms with Crippen LogP contribution in [0.25, 0.3) is 0 Å². The number of amides is 1. The van der Waals surface area contributed by atoms with Crippen LogP contribution >= 0.6 is 34.8 Å². The predicted molar refractivity (Wildman–Crippen MR) is 152 cm³/mol. The largest absolute Gasteiger partial charge is 0.489 e. The number of ether oxygens (including phenoxy) is 3. The highest BCUT2D eigenvalue weighted by molar-refractivity contribution is 6.43. The van der Waals surface area contributed by atoms with Crippen molar-refractivity contribution in [3.63, 3.8) is 0 Å². The summed E-state index contributed by atoms with van der Waals surface area (Å²) in [5.74, 6) is -0.0684. The topological polar surface area (TPSA) is 73.9 Å². The number of esters is 1. The number of nitrogens with one attached hydrogen (secondary N) is 1. The summed E-state index contributed by atoms with van der Waals surface area (Å²) in [7, 11) is 0. The van der Waals surface area contributed by atoms with Crippen LogP contribution in [0.5, 0.6) is 11.5 Å². The highest BCUT2D eigenvalue weighted by Crippen LogP contribution is 2.34. The van der Waals surface area contributed by atoms with Crippen molar-refractivity contribution >= 4 is 46.9 Å². The SMILES string of the molecule is O=C(N[C@@H](Cc1ccc(OCc2ccccc2)cc1)C(=O)Oc1cc(Cl)c(Cl)cc1Cl)OCc1ccccc1. The van der Waals surface area contributed by atoms with Gasteiger partial charge in [-0.3, -0.25) is 0 Å². The van der Waals surface area contributed by atoms with Gasteiger partial charge in [0.2, 0.25) is 0 Å². The van der Waals surface area contributed by atoms with Gasteiger partial charge in [-0.25, -0.2) is 9.59 Å². The highest BCUT2D eigenvalue weighted by atomic mass is 35.5. The second kappa shape index (κ2) is 13.9. The molecule has 0 unspecified atom stereocenters. The van der Waals surface area contributed by atoms with Gasteiger partial charge in [0.1, 0.15) is 25.0 Å². The number of hydrogen-bond donors (Lipinski definition) is 1. The number of hydrogen-bond acceptors (Lipinski definition) is 5. The van der Waals surface area contributed by atoms with Crippen molar-refractivity contribution in [2.75, 3.05) is 0 Å². The van der Waals surface area contributed by atoms with Crippen molar-refractivity contribution in [2.45, 2.75) is 25.7 Å². The minimum Gasteiger partial charge on any atom is -0.489 e. The fourth-order valence-electron chi connectivity index (χ4n) is 3.56. The summed E-state index contributed by atoms with van der Waals surface area (Å²) in [6, 6.07) is 27.8. The molecule has 0 heterocycles. The lowest BCUT2D eigenvalue weighted by Crippen LogP contribution is -2.44. The molecule has 0 aliphatic carbocycles. The summed E-state index contributed by atoms with van der Waals surface area (Å²) in [4.78, 5) is 25.7. The van der Waals surface area contributed by atoms with E-state index in [1.807, 2.05) is 72.8 Å². The monoisotopic (exact) mass is 583 g/mol. The number of benzene rings is 4. The zero-order chi connectivity index (χ0) is 27.6. The maximum atomic E-state index is 13.1. The average molecular weight is 585 g/mol. The Bertz CT molecular complexity index is 1400. The molecule has 4 aromatic rings. The second-order valence-corrected chi connectivity index (χ2v) is 9.72. The Morgan fingerprint density at radius 1 is 0.692 bits per heavy atom. The van der Waals surface area contributed by atoms with Crippen LogP contribution < -0.4 is 14.8 Å². The Morgan fingerprint density at radius 2 is 1.28 bits per heavy atom. The first-order chi connectivity index (χ1) is 18.9. The molecule has 4 aromatic carbocycles. The van der Waals surface area contributed by atoms with Gasteiger partial charge in [-0.2, -0.15) is 0 Å². The molecule has 0 aliphatic rings. The molecule has 1 N–H and O–H groups in total. The summed E-state index contributed by atoms with van der Waals surface area (Å²) in [6.07, 6.45) is -0.652. The third-order valence-electron chi connectivity index (χ3n) is 5.59. The zero-order valence-corrected chi connectivity index (χ0v) is 22.9. The number of rotatable bonds is 10. The Morgan fingerprint density at radius 3 is 1.92 bits per heavy atom. The van der Waals surface area contributed by atoms with E-state index in [4.69, 9.17) is 49.0 Å². The molecule has 0 spiro atoms. The molecule has 0 saturated heterocycles. The maximum Gasteiger partial charge on any atom is 0.408 e. The molecule has 0 fully saturated rings. The van der Waals surface area contributed by atoms with E-state index in [0.717, 1.165) is 16.7 Å². The molecule has 9 heteroatoms. The molecule has 0 bridgehead atoms. The summed E-state index contributed by atoms with van der Waals surface area (Å²) >= 11 is 18.2. The van der Waals surface area contributed by atoms with Crippen molar-refractivity contribution in [1.29, 1.82) is 0 Å². The molecule has 39 heavy (non-hydrogen) atoms. The zero-order valence-electron chi connectivity index (χ0n) is 20.6. The van der Waals surface area contributed by atoms with Crippen LogP contribution in [-0.2, 0) is 29.2 Å². The molecule has 0 saturated carbocycles. The number of alkyl carbamates (subject to hydrolysis) is 1. The van der Waals surface area contributed by atoms with Crippen LogP contribution in [0.1, 0.15) is 16.7 Å². The summed E-state index contributed by atoms with van der Waals surface area (Å²) in [6.45, 7) is 0.467. The second-order valence-electron chi connectivity index (χ2n) is 8.50. The third kappa shape index (κ3) is 8.65. The van der Waals surface area contributed by atoms with Crippen LogP contribution in [0.4, 0.5) is 4.79 Å². The van der Waals surface area contributed by atoms with Crippen molar-refractivity contribution in [1.82, 2.24) is 5.32 Å². The van der Waals surface area contributed by atoms with E-state index in [1.54, 1.807) is 12.1 Å². The summed E-state index contributed by atoms with van der Waals surface area (Å²) < 4.78 is 16.6. The van der Waals surface area contributed by atoms with Crippen LogP contribution in [0.3, 0.4) is 0 Å².